The predicted octanol–water partition coefficient (Wildman–Crippen LogP) is 1.93. The number of likely N-dealkylation sites (tertiary alicyclic amines) is 1. The fourth-order valence-corrected chi connectivity index (χ4v) is 3.23. The van der Waals surface area contributed by atoms with Crippen LogP contribution in [0.1, 0.15) is 11.6 Å². The van der Waals surface area contributed by atoms with Gasteiger partial charge < -0.3 is 15.2 Å². The van der Waals surface area contributed by atoms with Gasteiger partial charge in [0.05, 0.1) is 12.2 Å². The van der Waals surface area contributed by atoms with Gasteiger partial charge in [0.2, 0.25) is 0 Å². The Morgan fingerprint density at radius 3 is 2.45 bits per heavy atom. The Kier molecular flexibility index (Phi) is 5.51. The third kappa shape index (κ3) is 3.20. The fourth-order valence-electron chi connectivity index (χ4n) is 2.72. The van der Waals surface area contributed by atoms with E-state index in [0.29, 0.717) is 6.54 Å². The molecule has 20 heavy (non-hydrogen) atoms. The SMILES string of the molecule is COC1CN(C(CN)c2cc(F)ccc2Br)CC1OC. The summed E-state index contributed by atoms with van der Waals surface area (Å²) in [5.74, 6) is -0.257. The summed E-state index contributed by atoms with van der Waals surface area (Å²) in [7, 11) is 3.35. The van der Waals surface area contributed by atoms with Crippen LogP contribution in [0.15, 0.2) is 22.7 Å². The van der Waals surface area contributed by atoms with E-state index in [1.807, 2.05) is 0 Å². The minimum absolute atomic E-state index is 0.0152. The number of methoxy groups -OCH3 is 2. The van der Waals surface area contributed by atoms with Crippen molar-refractivity contribution in [1.82, 2.24) is 4.90 Å². The number of ether oxygens (including phenoxy) is 2. The highest BCUT2D eigenvalue weighted by Crippen LogP contribution is 2.31. The van der Waals surface area contributed by atoms with Gasteiger partial charge in [-0.25, -0.2) is 4.39 Å². The van der Waals surface area contributed by atoms with Crippen LogP contribution in [-0.2, 0) is 9.47 Å². The van der Waals surface area contributed by atoms with Gasteiger partial charge in [-0.05, 0) is 23.8 Å². The zero-order valence-electron chi connectivity index (χ0n) is 11.7. The van der Waals surface area contributed by atoms with Gasteiger partial charge >= 0.3 is 0 Å². The van der Waals surface area contributed by atoms with Gasteiger partial charge in [0.15, 0.2) is 0 Å². The lowest BCUT2D eigenvalue weighted by molar-refractivity contribution is -0.00461. The molecule has 6 heteroatoms. The molecular formula is C14H20BrFN2O2. The molecule has 1 aliphatic heterocycles. The van der Waals surface area contributed by atoms with Crippen LogP contribution in [0.4, 0.5) is 4.39 Å². The molecule has 0 aliphatic carbocycles. The number of halogens is 2. The van der Waals surface area contributed by atoms with Crippen LogP contribution in [-0.4, -0.2) is 51.0 Å². The minimum Gasteiger partial charge on any atom is -0.377 e. The summed E-state index contributed by atoms with van der Waals surface area (Å²) in [6.07, 6.45) is 0.0303. The molecule has 2 rings (SSSR count). The van der Waals surface area contributed by atoms with Crippen molar-refractivity contribution < 1.29 is 13.9 Å². The molecule has 0 bridgehead atoms. The standard InChI is InChI=1S/C14H20BrFN2O2/c1-19-13-7-18(8-14(13)20-2)12(6-17)10-5-9(16)3-4-11(10)15/h3-5,12-14H,6-8,17H2,1-2H3. The molecule has 1 aromatic carbocycles. The van der Waals surface area contributed by atoms with Gasteiger partial charge in [0, 0.05) is 44.4 Å². The normalized spacial score (nSPS) is 25.1. The number of nitrogens with two attached hydrogens (primary N) is 1. The third-order valence-electron chi connectivity index (χ3n) is 3.83. The lowest BCUT2D eigenvalue weighted by Gasteiger charge is -2.27. The second kappa shape index (κ2) is 6.95. The first-order chi connectivity index (χ1) is 9.60. The van der Waals surface area contributed by atoms with E-state index in [9.17, 15) is 4.39 Å². The summed E-state index contributed by atoms with van der Waals surface area (Å²) in [5, 5.41) is 0. The van der Waals surface area contributed by atoms with Crippen molar-refractivity contribution >= 4 is 15.9 Å². The van der Waals surface area contributed by atoms with Gasteiger partial charge in [-0.1, -0.05) is 15.9 Å². The van der Waals surface area contributed by atoms with Crippen LogP contribution in [0.2, 0.25) is 0 Å². The first-order valence-corrected chi connectivity index (χ1v) is 7.34. The van der Waals surface area contributed by atoms with Gasteiger partial charge in [0.1, 0.15) is 5.82 Å². The Labute approximate surface area is 127 Å². The molecule has 1 saturated heterocycles. The van der Waals surface area contributed by atoms with Crippen LogP contribution in [0.5, 0.6) is 0 Å². The molecular weight excluding hydrogens is 327 g/mol. The van der Waals surface area contributed by atoms with Crippen molar-refractivity contribution in [1.29, 1.82) is 0 Å². The van der Waals surface area contributed by atoms with E-state index in [-0.39, 0.29) is 24.1 Å². The highest BCUT2D eigenvalue weighted by molar-refractivity contribution is 9.10. The van der Waals surface area contributed by atoms with E-state index in [2.05, 4.69) is 20.8 Å². The van der Waals surface area contributed by atoms with E-state index >= 15 is 0 Å². The maximum atomic E-state index is 13.5. The molecule has 0 spiro atoms. The van der Waals surface area contributed by atoms with Crippen molar-refractivity contribution in [2.24, 2.45) is 5.73 Å². The van der Waals surface area contributed by atoms with E-state index in [1.54, 1.807) is 20.3 Å². The van der Waals surface area contributed by atoms with Crippen molar-refractivity contribution in [2.75, 3.05) is 33.9 Å². The summed E-state index contributed by atoms with van der Waals surface area (Å²) in [6, 6.07) is 4.62. The van der Waals surface area contributed by atoms with Crippen LogP contribution < -0.4 is 5.73 Å². The van der Waals surface area contributed by atoms with Crippen LogP contribution in [0.25, 0.3) is 0 Å². The van der Waals surface area contributed by atoms with Crippen molar-refractivity contribution in [3.63, 3.8) is 0 Å². The average Bonchev–Trinajstić information content (AvgIpc) is 2.86. The smallest absolute Gasteiger partial charge is 0.123 e. The van der Waals surface area contributed by atoms with Gasteiger partial charge in [-0.2, -0.15) is 0 Å². The maximum Gasteiger partial charge on any atom is 0.123 e. The quantitative estimate of drug-likeness (QED) is 0.884. The molecule has 0 amide bonds. The Bertz CT molecular complexity index is 449. The molecule has 2 N–H and O–H groups in total. The zero-order valence-corrected chi connectivity index (χ0v) is 13.3. The van der Waals surface area contributed by atoms with E-state index in [1.165, 1.54) is 12.1 Å². The summed E-state index contributed by atoms with van der Waals surface area (Å²) in [5.41, 5.74) is 6.77. The minimum atomic E-state index is -0.257. The molecule has 3 atom stereocenters. The molecule has 1 aliphatic rings. The molecule has 112 valence electrons. The van der Waals surface area contributed by atoms with E-state index in [0.717, 1.165) is 23.1 Å². The van der Waals surface area contributed by atoms with Gasteiger partial charge in [0.25, 0.3) is 0 Å². The number of nitrogens with zero attached hydrogens (tertiary/aromatic N) is 1. The molecule has 4 nitrogen and oxygen atoms in total. The summed E-state index contributed by atoms with van der Waals surface area (Å²) < 4.78 is 25.2. The molecule has 1 aromatic rings. The van der Waals surface area contributed by atoms with Gasteiger partial charge in [-0.15, -0.1) is 0 Å². The van der Waals surface area contributed by atoms with E-state index < -0.39 is 0 Å². The lowest BCUT2D eigenvalue weighted by atomic mass is 10.1. The van der Waals surface area contributed by atoms with Crippen LogP contribution in [0.3, 0.4) is 0 Å². The number of hydrogen-bond donors (Lipinski definition) is 1. The van der Waals surface area contributed by atoms with Crippen LogP contribution in [0, 0.1) is 5.82 Å². The average molecular weight is 347 g/mol. The Morgan fingerprint density at radius 1 is 1.35 bits per heavy atom. The molecule has 1 heterocycles. The first-order valence-electron chi connectivity index (χ1n) is 6.55. The number of rotatable bonds is 5. The van der Waals surface area contributed by atoms with Gasteiger partial charge in [-0.3, -0.25) is 4.90 Å². The summed E-state index contributed by atoms with van der Waals surface area (Å²) in [4.78, 5) is 2.18. The zero-order chi connectivity index (χ0) is 14.7. The van der Waals surface area contributed by atoms with Crippen molar-refractivity contribution in [3.05, 3.63) is 34.1 Å². The molecule has 3 unspecified atom stereocenters. The topological polar surface area (TPSA) is 47.7 Å². The highest BCUT2D eigenvalue weighted by atomic mass is 79.9. The van der Waals surface area contributed by atoms with Crippen molar-refractivity contribution in [2.45, 2.75) is 18.2 Å². The predicted molar refractivity (Wildman–Crippen MR) is 79.1 cm³/mol. The van der Waals surface area contributed by atoms with Crippen molar-refractivity contribution in [3.8, 4) is 0 Å². The Morgan fingerprint density at radius 2 is 1.95 bits per heavy atom. The Hall–Kier alpha value is -0.530. The molecule has 0 radical (unpaired) electrons. The maximum absolute atomic E-state index is 13.5. The fraction of sp³-hybridized carbons (Fsp3) is 0.571. The largest absolute Gasteiger partial charge is 0.377 e. The number of benzene rings is 1. The van der Waals surface area contributed by atoms with E-state index in [4.69, 9.17) is 15.2 Å². The first kappa shape index (κ1) is 15.9. The summed E-state index contributed by atoms with van der Waals surface area (Å²) in [6.45, 7) is 1.86. The Balaban J connectivity index is 2.23. The molecule has 1 fully saturated rings. The summed E-state index contributed by atoms with van der Waals surface area (Å²) >= 11 is 3.47. The molecule has 0 aromatic heterocycles. The van der Waals surface area contributed by atoms with Crippen LogP contribution >= 0.6 is 15.9 Å². The third-order valence-corrected chi connectivity index (χ3v) is 4.55. The second-order valence-electron chi connectivity index (χ2n) is 4.92. The molecule has 0 saturated carbocycles. The highest BCUT2D eigenvalue weighted by Gasteiger charge is 2.37. The second-order valence-corrected chi connectivity index (χ2v) is 5.77. The lowest BCUT2D eigenvalue weighted by Crippen LogP contribution is -2.33. The number of hydrogen-bond acceptors (Lipinski definition) is 4. The monoisotopic (exact) mass is 346 g/mol.